The van der Waals surface area contributed by atoms with Crippen molar-refractivity contribution in [3.63, 3.8) is 0 Å². The van der Waals surface area contributed by atoms with E-state index in [4.69, 9.17) is 34.5 Å². The van der Waals surface area contributed by atoms with Crippen LogP contribution in [0.3, 0.4) is 0 Å². The smallest absolute Gasteiger partial charge is 0.319 e. The highest BCUT2D eigenvalue weighted by atomic mass is 32.2. The Labute approximate surface area is 424 Å². The van der Waals surface area contributed by atoms with Crippen LogP contribution in [0.25, 0.3) is 22.8 Å². The fraction of sp³-hybridized carbons (Fsp3) is 0.346. The maximum Gasteiger partial charge on any atom is 0.319 e. The highest BCUT2D eigenvalue weighted by molar-refractivity contribution is 7.93. The lowest BCUT2D eigenvalue weighted by atomic mass is 10.1. The van der Waals surface area contributed by atoms with E-state index in [-0.39, 0.29) is 18.7 Å². The number of carbonyl (C=O) groups excluding carboxylic acids is 2. The van der Waals surface area contributed by atoms with Crippen molar-refractivity contribution in [3.05, 3.63) is 133 Å². The largest absolute Gasteiger partial charge is 0.396 e. The van der Waals surface area contributed by atoms with E-state index in [1.54, 1.807) is 104 Å². The monoisotopic (exact) mass is 1030 g/mol. The Bertz CT molecular complexity index is 3120. The summed E-state index contributed by atoms with van der Waals surface area (Å²) in [5, 5.41) is 19.5. The zero-order valence-electron chi connectivity index (χ0n) is 40.4. The Balaban J connectivity index is 0.000000180. The molecule has 2 aliphatic carbocycles. The normalized spacial score (nSPS) is 16.8. The van der Waals surface area contributed by atoms with Gasteiger partial charge >= 0.3 is 12.1 Å². The summed E-state index contributed by atoms with van der Waals surface area (Å²) in [6.45, 7) is 5.35. The van der Waals surface area contributed by atoms with Crippen molar-refractivity contribution >= 4 is 54.7 Å². The Morgan fingerprint density at radius 2 is 0.973 bits per heavy atom. The van der Waals surface area contributed by atoms with Crippen LogP contribution in [0.15, 0.2) is 131 Å². The van der Waals surface area contributed by atoms with Crippen LogP contribution in [-0.4, -0.2) is 127 Å². The van der Waals surface area contributed by atoms with Crippen LogP contribution in [0.4, 0.5) is 32.6 Å². The molecule has 4 aromatic carbocycles. The summed E-state index contributed by atoms with van der Waals surface area (Å²) in [5.41, 5.74) is 3.67. The van der Waals surface area contributed by atoms with Crippen LogP contribution < -0.4 is 31.1 Å². The molecule has 2 saturated carbocycles. The molecule has 4 amide bonds. The number of aromatic nitrogens is 4. The Morgan fingerprint density at radius 1 is 0.575 bits per heavy atom. The maximum absolute atomic E-state index is 13.7. The number of aliphatic hydroxyl groups excluding tert-OH is 1. The van der Waals surface area contributed by atoms with Crippen molar-refractivity contribution < 1.29 is 41.0 Å². The van der Waals surface area contributed by atoms with Gasteiger partial charge in [0.25, 0.3) is 0 Å². The summed E-state index contributed by atoms with van der Waals surface area (Å²) in [6, 6.07) is 34.3. The molecule has 0 radical (unpaired) electrons. The van der Waals surface area contributed by atoms with Crippen LogP contribution in [0.2, 0.25) is 0 Å². The molecule has 0 unspecified atom stereocenters. The predicted octanol–water partition coefficient (Wildman–Crippen LogP) is 6.14. The number of sulfone groups is 2. The van der Waals surface area contributed by atoms with Crippen molar-refractivity contribution in [1.82, 2.24) is 30.6 Å². The van der Waals surface area contributed by atoms with Gasteiger partial charge in [0.1, 0.15) is 21.1 Å². The van der Waals surface area contributed by atoms with Gasteiger partial charge in [0.2, 0.25) is 0 Å². The minimum Gasteiger partial charge on any atom is -0.396 e. The lowest BCUT2D eigenvalue weighted by molar-refractivity contribution is 0.122. The average Bonchev–Trinajstić information content (AvgIpc) is 4.39. The van der Waals surface area contributed by atoms with Gasteiger partial charge in [-0.3, -0.25) is 0 Å². The molecule has 21 heteroatoms. The number of benzene rings is 4. The lowest BCUT2D eigenvalue weighted by Gasteiger charge is -2.29. The van der Waals surface area contributed by atoms with E-state index in [1.807, 2.05) is 24.3 Å². The fourth-order valence-corrected chi connectivity index (χ4v) is 12.7. The van der Waals surface area contributed by atoms with E-state index >= 15 is 0 Å². The molecular weight excluding hydrogens is 973 g/mol. The molecule has 2 saturated heterocycles. The van der Waals surface area contributed by atoms with Gasteiger partial charge in [0, 0.05) is 81.0 Å². The first-order valence-electron chi connectivity index (χ1n) is 24.2. The molecule has 0 spiro atoms. The molecule has 6 aromatic rings. The minimum atomic E-state index is -3.66. The minimum absolute atomic E-state index is 0.00835. The number of nitrogens with zero attached hydrogens (tertiary/aromatic N) is 6. The molecule has 10 rings (SSSR count). The second kappa shape index (κ2) is 22.0. The number of aliphatic hydroxyl groups is 1. The molecule has 4 aliphatic rings. The molecule has 4 fully saturated rings. The highest BCUT2D eigenvalue weighted by Crippen LogP contribution is 2.56. The van der Waals surface area contributed by atoms with Gasteiger partial charge in [-0.25, -0.2) is 46.4 Å². The number of hydrogen-bond donors (Lipinski definition) is 5. The molecule has 0 bridgehead atoms. The fourth-order valence-electron chi connectivity index (χ4n) is 8.76. The van der Waals surface area contributed by atoms with Gasteiger partial charge in [0.15, 0.2) is 31.3 Å². The second-order valence-electron chi connectivity index (χ2n) is 18.0. The SMILES string of the molecule is CNC(=O)Nc1ccc(-c2nc(N3CCOCC3)cc(C3(S(=O)(=O)c4ccccc4)CC3)n2)cc1.O=C(NCCCO)Nc1ccc(-c2nc(N3CCOCC3)cc(C3(S(=O)(=O)c4ccccc4)CC3)n2)cc1. The third-order valence-corrected chi connectivity index (χ3v) is 18.3. The summed E-state index contributed by atoms with van der Waals surface area (Å²) in [5.74, 6) is 2.24. The van der Waals surface area contributed by atoms with Crippen molar-refractivity contribution in [3.8, 4) is 22.8 Å². The molecule has 5 N–H and O–H groups in total. The quantitative estimate of drug-likeness (QED) is 0.0725. The summed E-state index contributed by atoms with van der Waals surface area (Å²) >= 11 is 0. The second-order valence-corrected chi connectivity index (χ2v) is 22.5. The number of carbonyl (C=O) groups is 2. The van der Waals surface area contributed by atoms with Gasteiger partial charge in [0.05, 0.1) is 47.6 Å². The van der Waals surface area contributed by atoms with Crippen molar-refractivity contribution in [2.75, 3.05) is 93.2 Å². The first kappa shape index (κ1) is 50.9. The van der Waals surface area contributed by atoms with Crippen LogP contribution >= 0.6 is 0 Å². The van der Waals surface area contributed by atoms with Gasteiger partial charge in [-0.1, -0.05) is 36.4 Å². The number of rotatable bonds is 15. The first-order valence-corrected chi connectivity index (χ1v) is 27.2. The van der Waals surface area contributed by atoms with Crippen molar-refractivity contribution in [2.45, 2.75) is 51.4 Å². The molecule has 19 nitrogen and oxygen atoms in total. The topological polar surface area (TPSA) is 247 Å². The third kappa shape index (κ3) is 11.2. The number of amides is 4. The van der Waals surface area contributed by atoms with E-state index in [1.165, 1.54) is 0 Å². The molecular formula is C52H58N10O9S2. The van der Waals surface area contributed by atoms with E-state index in [9.17, 15) is 26.4 Å². The molecule has 2 aliphatic heterocycles. The number of ether oxygens (including phenoxy) is 2. The maximum atomic E-state index is 13.7. The highest BCUT2D eigenvalue weighted by Gasteiger charge is 2.59. The number of anilines is 4. The standard InChI is InChI=1S/C27H31N5O5S.C25H27N5O4S/c33-16-4-13-28-26(34)29-21-9-7-20(8-10-21)25-30-23(19-24(31-25)32-14-17-37-18-15-32)27(11-12-27)38(35,36)22-5-2-1-3-6-22;1-26-24(31)27-19-9-7-18(8-10-19)23-28-21(17-22(29-23)30-13-15-34-16-14-30)25(11-12-25)35(32,33)20-5-3-2-4-6-20/h1-3,5-10,19,33H,4,11-18H2,(H2,28,29,34);2-10,17H,11-16H2,1H3,(H2,26,27,31). The molecule has 4 heterocycles. The van der Waals surface area contributed by atoms with Gasteiger partial charge in [-0.05, 0) is 105 Å². The average molecular weight is 1030 g/mol. The lowest BCUT2D eigenvalue weighted by Crippen LogP contribution is -2.37. The third-order valence-electron chi connectivity index (χ3n) is 13.2. The summed E-state index contributed by atoms with van der Waals surface area (Å²) < 4.78 is 63.7. The van der Waals surface area contributed by atoms with Gasteiger partial charge < -0.3 is 45.6 Å². The predicted molar refractivity (Wildman–Crippen MR) is 277 cm³/mol. The first-order chi connectivity index (χ1) is 35.4. The van der Waals surface area contributed by atoms with Crippen molar-refractivity contribution in [2.24, 2.45) is 0 Å². The summed E-state index contributed by atoms with van der Waals surface area (Å²) in [7, 11) is -5.75. The zero-order chi connectivity index (χ0) is 51.1. The Morgan fingerprint density at radius 3 is 1.34 bits per heavy atom. The van der Waals surface area contributed by atoms with Crippen LogP contribution in [0.1, 0.15) is 43.5 Å². The number of urea groups is 2. The van der Waals surface area contributed by atoms with E-state index in [0.717, 1.165) is 5.56 Å². The number of morpholine rings is 2. The number of hydrogen-bond acceptors (Lipinski definition) is 15. The molecule has 73 heavy (non-hydrogen) atoms. The van der Waals surface area contributed by atoms with Crippen LogP contribution in [-0.2, 0) is 38.6 Å². The summed E-state index contributed by atoms with van der Waals surface area (Å²) in [6.07, 6.45) is 2.50. The molecule has 0 atom stereocenters. The number of nitrogens with one attached hydrogen (secondary N) is 4. The van der Waals surface area contributed by atoms with E-state index in [2.05, 4.69) is 31.1 Å². The summed E-state index contributed by atoms with van der Waals surface area (Å²) in [4.78, 5) is 47.6. The van der Waals surface area contributed by atoms with Crippen LogP contribution in [0, 0.1) is 0 Å². The van der Waals surface area contributed by atoms with Gasteiger partial charge in [-0.15, -0.1) is 0 Å². The Kier molecular flexibility index (Phi) is 15.3. The zero-order valence-corrected chi connectivity index (χ0v) is 42.0. The van der Waals surface area contributed by atoms with E-state index < -0.39 is 29.2 Å². The van der Waals surface area contributed by atoms with Gasteiger partial charge in [-0.2, -0.15) is 0 Å². The molecule has 382 valence electrons. The van der Waals surface area contributed by atoms with E-state index in [0.29, 0.717) is 153 Å². The van der Waals surface area contributed by atoms with Crippen molar-refractivity contribution in [1.29, 1.82) is 0 Å². The van der Waals surface area contributed by atoms with Crippen LogP contribution in [0.5, 0.6) is 0 Å². The molecule has 2 aromatic heterocycles. The Hall–Kier alpha value is -7.04.